The van der Waals surface area contributed by atoms with E-state index in [1.807, 2.05) is 0 Å². The molecule has 0 atom stereocenters. The predicted octanol–water partition coefficient (Wildman–Crippen LogP) is 4.32. The lowest BCUT2D eigenvalue weighted by Crippen LogP contribution is -2.09. The molecule has 0 spiro atoms. The molecule has 0 amide bonds. The van der Waals surface area contributed by atoms with Gasteiger partial charge in [-0.3, -0.25) is 0 Å². The second-order valence-corrected chi connectivity index (χ2v) is 3.75. The quantitative estimate of drug-likeness (QED) is 0.532. The molecular formula is C11H21F3O. The minimum atomic E-state index is -4.04. The Hall–Kier alpha value is -0.250. The zero-order valence-corrected chi connectivity index (χ0v) is 9.41. The van der Waals surface area contributed by atoms with Crippen LogP contribution in [0, 0.1) is 0 Å². The van der Waals surface area contributed by atoms with E-state index in [0.717, 1.165) is 12.8 Å². The topological polar surface area (TPSA) is 9.23 Å². The summed E-state index contributed by atoms with van der Waals surface area (Å²) in [5, 5.41) is 0. The normalized spacial score (nSPS) is 12.0. The van der Waals surface area contributed by atoms with Crippen molar-refractivity contribution in [3.8, 4) is 0 Å². The molecule has 0 aliphatic heterocycles. The maximum Gasteiger partial charge on any atom is 0.389 e. The zero-order valence-electron chi connectivity index (χ0n) is 9.41. The van der Waals surface area contributed by atoms with Crippen molar-refractivity contribution < 1.29 is 17.9 Å². The van der Waals surface area contributed by atoms with Gasteiger partial charge in [-0.05, 0) is 12.8 Å². The molecule has 0 aromatic carbocycles. The van der Waals surface area contributed by atoms with Crippen molar-refractivity contribution in [1.82, 2.24) is 0 Å². The highest BCUT2D eigenvalue weighted by Crippen LogP contribution is 2.20. The number of rotatable bonds is 9. The smallest absolute Gasteiger partial charge is 0.381 e. The average molecular weight is 226 g/mol. The summed E-state index contributed by atoms with van der Waals surface area (Å²) < 4.78 is 40.3. The number of hydrogen-bond acceptors (Lipinski definition) is 1. The van der Waals surface area contributed by atoms with Gasteiger partial charge >= 0.3 is 6.18 Å². The molecule has 4 heteroatoms. The Balaban J connectivity index is 2.99. The summed E-state index contributed by atoms with van der Waals surface area (Å²) in [6.45, 7) is 2.97. The lowest BCUT2D eigenvalue weighted by atomic mass is 10.2. The van der Waals surface area contributed by atoms with E-state index >= 15 is 0 Å². The fourth-order valence-electron chi connectivity index (χ4n) is 1.28. The molecule has 0 fully saturated rings. The van der Waals surface area contributed by atoms with Crippen LogP contribution in [0.4, 0.5) is 13.2 Å². The molecule has 92 valence electrons. The maximum atomic E-state index is 11.7. The fourth-order valence-corrected chi connectivity index (χ4v) is 1.28. The lowest BCUT2D eigenvalue weighted by molar-refractivity contribution is -0.137. The summed E-state index contributed by atoms with van der Waals surface area (Å²) in [5.41, 5.74) is 0. The molecule has 0 radical (unpaired) electrons. The summed E-state index contributed by atoms with van der Waals surface area (Å²) in [6.07, 6.45) is 1.02. The number of alkyl halides is 3. The summed E-state index contributed by atoms with van der Waals surface area (Å²) in [5.74, 6) is 0. The Bertz CT molecular complexity index is 134. The van der Waals surface area contributed by atoms with Crippen LogP contribution >= 0.6 is 0 Å². The maximum absolute atomic E-state index is 11.7. The third-order valence-electron chi connectivity index (χ3n) is 2.14. The van der Waals surface area contributed by atoms with E-state index in [0.29, 0.717) is 6.61 Å². The molecule has 0 N–H and O–H groups in total. The van der Waals surface area contributed by atoms with Gasteiger partial charge in [-0.2, -0.15) is 13.2 Å². The van der Waals surface area contributed by atoms with Gasteiger partial charge in [0, 0.05) is 19.6 Å². The third-order valence-corrected chi connectivity index (χ3v) is 2.14. The SMILES string of the molecule is CCCCCCCOCCCC(F)(F)F. The number of halogens is 3. The van der Waals surface area contributed by atoms with Crippen LogP contribution in [0.1, 0.15) is 51.9 Å². The van der Waals surface area contributed by atoms with E-state index in [2.05, 4.69) is 6.92 Å². The highest BCUT2D eigenvalue weighted by Gasteiger charge is 2.25. The molecule has 0 saturated carbocycles. The van der Waals surface area contributed by atoms with Crippen LogP contribution in [-0.4, -0.2) is 19.4 Å². The predicted molar refractivity (Wildman–Crippen MR) is 54.9 cm³/mol. The van der Waals surface area contributed by atoms with Crippen molar-refractivity contribution in [2.45, 2.75) is 58.0 Å². The Kier molecular flexibility index (Phi) is 8.86. The van der Waals surface area contributed by atoms with E-state index in [4.69, 9.17) is 4.74 Å². The molecule has 0 rings (SSSR count). The van der Waals surface area contributed by atoms with Gasteiger partial charge in [0.05, 0.1) is 0 Å². The van der Waals surface area contributed by atoms with E-state index in [1.54, 1.807) is 0 Å². The molecule has 1 nitrogen and oxygen atoms in total. The third kappa shape index (κ3) is 13.8. The van der Waals surface area contributed by atoms with E-state index in [9.17, 15) is 13.2 Å². The molecule has 0 unspecified atom stereocenters. The minimum absolute atomic E-state index is 0.0818. The summed E-state index contributed by atoms with van der Waals surface area (Å²) in [7, 11) is 0. The highest BCUT2D eigenvalue weighted by atomic mass is 19.4. The first-order chi connectivity index (χ1) is 7.06. The zero-order chi connectivity index (χ0) is 11.6. The molecule has 15 heavy (non-hydrogen) atoms. The second kappa shape index (κ2) is 9.01. The van der Waals surface area contributed by atoms with Crippen molar-refractivity contribution >= 4 is 0 Å². The average Bonchev–Trinajstić information content (AvgIpc) is 2.14. The van der Waals surface area contributed by atoms with Crippen molar-refractivity contribution in [3.63, 3.8) is 0 Å². The second-order valence-electron chi connectivity index (χ2n) is 3.75. The van der Waals surface area contributed by atoms with Crippen LogP contribution in [0.2, 0.25) is 0 Å². The van der Waals surface area contributed by atoms with Gasteiger partial charge in [0.25, 0.3) is 0 Å². The van der Waals surface area contributed by atoms with Gasteiger partial charge < -0.3 is 4.74 Å². The standard InChI is InChI=1S/C11H21F3O/c1-2-3-4-5-6-9-15-10-7-8-11(12,13)14/h2-10H2,1H3. The van der Waals surface area contributed by atoms with Gasteiger partial charge in [0.1, 0.15) is 0 Å². The molecule has 0 aliphatic carbocycles. The van der Waals surface area contributed by atoms with Gasteiger partial charge in [0.15, 0.2) is 0 Å². The van der Waals surface area contributed by atoms with Crippen LogP contribution < -0.4 is 0 Å². The summed E-state index contributed by atoms with van der Waals surface area (Å²) in [4.78, 5) is 0. The Labute approximate surface area is 90.0 Å². The Morgan fingerprint density at radius 2 is 1.47 bits per heavy atom. The van der Waals surface area contributed by atoms with Crippen molar-refractivity contribution in [1.29, 1.82) is 0 Å². The fraction of sp³-hybridized carbons (Fsp3) is 1.00. The van der Waals surface area contributed by atoms with Crippen LogP contribution in [0.15, 0.2) is 0 Å². The van der Waals surface area contributed by atoms with E-state index in [-0.39, 0.29) is 13.0 Å². The van der Waals surface area contributed by atoms with Crippen LogP contribution in [0.25, 0.3) is 0 Å². The van der Waals surface area contributed by atoms with Crippen molar-refractivity contribution in [2.75, 3.05) is 13.2 Å². The van der Waals surface area contributed by atoms with Crippen LogP contribution in [0.5, 0.6) is 0 Å². The molecule has 0 aromatic heterocycles. The van der Waals surface area contributed by atoms with Crippen LogP contribution in [0.3, 0.4) is 0 Å². The Morgan fingerprint density at radius 1 is 0.867 bits per heavy atom. The first-order valence-corrected chi connectivity index (χ1v) is 5.70. The lowest BCUT2D eigenvalue weighted by Gasteiger charge is -2.06. The number of hydrogen-bond donors (Lipinski definition) is 0. The van der Waals surface area contributed by atoms with Crippen molar-refractivity contribution in [3.05, 3.63) is 0 Å². The minimum Gasteiger partial charge on any atom is -0.381 e. The van der Waals surface area contributed by atoms with E-state index < -0.39 is 12.6 Å². The number of ether oxygens (including phenoxy) is 1. The summed E-state index contributed by atoms with van der Waals surface area (Å²) >= 11 is 0. The Morgan fingerprint density at radius 3 is 2.07 bits per heavy atom. The van der Waals surface area contributed by atoms with E-state index in [1.165, 1.54) is 19.3 Å². The van der Waals surface area contributed by atoms with Crippen LogP contribution in [-0.2, 0) is 4.74 Å². The highest BCUT2D eigenvalue weighted by molar-refractivity contribution is 4.49. The molecular weight excluding hydrogens is 205 g/mol. The summed E-state index contributed by atoms with van der Waals surface area (Å²) in [6, 6.07) is 0. The molecule has 0 bridgehead atoms. The number of unbranched alkanes of at least 4 members (excludes halogenated alkanes) is 4. The van der Waals surface area contributed by atoms with Gasteiger partial charge in [0.2, 0.25) is 0 Å². The first kappa shape index (κ1) is 14.8. The molecule has 0 aromatic rings. The first-order valence-electron chi connectivity index (χ1n) is 5.70. The molecule has 0 saturated heterocycles. The van der Waals surface area contributed by atoms with Gasteiger partial charge in [-0.1, -0.05) is 32.6 Å². The molecule has 0 heterocycles. The van der Waals surface area contributed by atoms with Gasteiger partial charge in [-0.25, -0.2) is 0 Å². The van der Waals surface area contributed by atoms with Crippen molar-refractivity contribution in [2.24, 2.45) is 0 Å². The molecule has 0 aliphatic rings. The van der Waals surface area contributed by atoms with Gasteiger partial charge in [-0.15, -0.1) is 0 Å². The monoisotopic (exact) mass is 226 g/mol. The largest absolute Gasteiger partial charge is 0.389 e.